The number of fused-ring (bicyclic) bond motifs is 1. The average molecular weight is 413 g/mol. The molecule has 1 amide bonds. The van der Waals surface area contributed by atoms with Crippen molar-refractivity contribution in [1.82, 2.24) is 4.98 Å². The van der Waals surface area contributed by atoms with Crippen LogP contribution in [0.15, 0.2) is 47.4 Å². The predicted molar refractivity (Wildman–Crippen MR) is 115 cm³/mol. The molecular weight excluding hydrogens is 388 g/mol. The zero-order valence-corrected chi connectivity index (χ0v) is 17.8. The third-order valence-corrected chi connectivity index (χ3v) is 5.79. The number of amides is 1. The Bertz CT molecular complexity index is 1170. The number of rotatable bonds is 6. The minimum atomic E-state index is -3.24. The first-order valence-electron chi connectivity index (χ1n) is 9.32. The molecule has 3 aromatic rings. The summed E-state index contributed by atoms with van der Waals surface area (Å²) >= 11 is 0. The van der Waals surface area contributed by atoms with Gasteiger partial charge in [0.25, 0.3) is 0 Å². The number of sulfone groups is 1. The van der Waals surface area contributed by atoms with Gasteiger partial charge in [0.15, 0.2) is 9.84 Å². The van der Waals surface area contributed by atoms with E-state index < -0.39 is 9.84 Å². The van der Waals surface area contributed by atoms with Crippen molar-refractivity contribution in [1.29, 1.82) is 0 Å². The fourth-order valence-electron chi connectivity index (χ4n) is 3.15. The third-order valence-electron chi connectivity index (χ3n) is 4.67. The summed E-state index contributed by atoms with van der Waals surface area (Å²) in [6.45, 7) is 3.93. The molecular formula is C22H24N2O4S. The predicted octanol–water partition coefficient (Wildman–Crippen LogP) is 4.36. The normalized spacial score (nSPS) is 11.4. The van der Waals surface area contributed by atoms with Crippen molar-refractivity contribution in [2.45, 2.75) is 31.6 Å². The highest BCUT2D eigenvalue weighted by molar-refractivity contribution is 7.90. The van der Waals surface area contributed by atoms with Crippen LogP contribution in [-0.2, 0) is 14.6 Å². The molecule has 1 N–H and O–H groups in total. The number of aromatic nitrogens is 1. The Labute approximate surface area is 170 Å². The van der Waals surface area contributed by atoms with Crippen LogP contribution in [0.25, 0.3) is 22.2 Å². The summed E-state index contributed by atoms with van der Waals surface area (Å²) < 4.78 is 28.8. The van der Waals surface area contributed by atoms with Gasteiger partial charge in [-0.05, 0) is 43.2 Å². The molecule has 0 saturated heterocycles. The van der Waals surface area contributed by atoms with Gasteiger partial charge >= 0.3 is 0 Å². The van der Waals surface area contributed by atoms with Crippen molar-refractivity contribution in [2.24, 2.45) is 0 Å². The van der Waals surface area contributed by atoms with E-state index in [9.17, 15) is 13.2 Å². The lowest BCUT2D eigenvalue weighted by Gasteiger charge is -2.14. The van der Waals surface area contributed by atoms with Gasteiger partial charge in [-0.2, -0.15) is 0 Å². The topological polar surface area (TPSA) is 85.4 Å². The molecule has 0 fully saturated rings. The molecule has 1 aromatic heterocycles. The number of anilines is 1. The van der Waals surface area contributed by atoms with Gasteiger partial charge in [0.05, 0.1) is 28.9 Å². The molecule has 1 heterocycles. The maximum atomic E-state index is 12.0. The summed E-state index contributed by atoms with van der Waals surface area (Å²) in [4.78, 5) is 17.0. The molecule has 2 aromatic carbocycles. The van der Waals surface area contributed by atoms with Crippen LogP contribution >= 0.6 is 0 Å². The molecule has 7 heteroatoms. The molecule has 6 nitrogen and oxygen atoms in total. The second-order valence-electron chi connectivity index (χ2n) is 6.99. The smallest absolute Gasteiger partial charge is 0.224 e. The van der Waals surface area contributed by atoms with Gasteiger partial charge in [-0.25, -0.2) is 13.4 Å². The fourth-order valence-corrected chi connectivity index (χ4v) is 3.78. The average Bonchev–Trinajstić information content (AvgIpc) is 2.67. The van der Waals surface area contributed by atoms with Crippen LogP contribution < -0.4 is 10.1 Å². The molecule has 29 heavy (non-hydrogen) atoms. The number of hydrogen-bond donors (Lipinski definition) is 1. The highest BCUT2D eigenvalue weighted by Crippen LogP contribution is 2.33. The Morgan fingerprint density at radius 2 is 1.83 bits per heavy atom. The van der Waals surface area contributed by atoms with Gasteiger partial charge in [-0.15, -0.1) is 0 Å². The first-order chi connectivity index (χ1) is 13.7. The lowest BCUT2D eigenvalue weighted by Crippen LogP contribution is -2.11. The van der Waals surface area contributed by atoms with Crippen molar-refractivity contribution in [3.05, 3.63) is 48.0 Å². The quantitative estimate of drug-likeness (QED) is 0.650. The Hall–Kier alpha value is -2.93. The lowest BCUT2D eigenvalue weighted by atomic mass is 10.0. The molecule has 0 aliphatic rings. The zero-order valence-electron chi connectivity index (χ0n) is 16.9. The van der Waals surface area contributed by atoms with Crippen LogP contribution in [0, 0.1) is 6.92 Å². The van der Waals surface area contributed by atoms with Crippen molar-refractivity contribution < 1.29 is 17.9 Å². The third kappa shape index (κ3) is 4.56. The number of methoxy groups -OCH3 is 1. The Kier molecular flexibility index (Phi) is 5.88. The van der Waals surface area contributed by atoms with Gasteiger partial charge < -0.3 is 10.1 Å². The first-order valence-corrected chi connectivity index (χ1v) is 11.2. The number of carbonyl (C=O) groups is 1. The summed E-state index contributed by atoms with van der Waals surface area (Å²) in [6, 6.07) is 12.3. The maximum Gasteiger partial charge on any atom is 0.224 e. The Morgan fingerprint density at radius 1 is 1.14 bits per heavy atom. The highest BCUT2D eigenvalue weighted by atomic mass is 32.2. The zero-order chi connectivity index (χ0) is 21.2. The van der Waals surface area contributed by atoms with Gasteiger partial charge in [0.1, 0.15) is 5.75 Å². The molecule has 0 aliphatic carbocycles. The summed E-state index contributed by atoms with van der Waals surface area (Å²) in [6.07, 6.45) is 2.40. The number of aryl methyl sites for hydroxylation is 1. The van der Waals surface area contributed by atoms with E-state index in [1.165, 1.54) is 6.26 Å². The molecule has 0 atom stereocenters. The minimum absolute atomic E-state index is 0.0571. The van der Waals surface area contributed by atoms with Crippen LogP contribution in [0.2, 0.25) is 0 Å². The highest BCUT2D eigenvalue weighted by Gasteiger charge is 2.13. The molecule has 0 bridgehead atoms. The molecule has 0 radical (unpaired) electrons. The number of carbonyl (C=O) groups excluding carboxylic acids is 1. The SMILES string of the molecule is CCCC(=O)Nc1cc2c(C)cc(-c3ccc(S(C)(=O)=O)cc3)nc2cc1OC. The van der Waals surface area contributed by atoms with Crippen molar-refractivity contribution in [2.75, 3.05) is 18.7 Å². The second-order valence-corrected chi connectivity index (χ2v) is 9.00. The number of hydrogen-bond acceptors (Lipinski definition) is 5. The second kappa shape index (κ2) is 8.21. The number of nitrogens with zero attached hydrogens (tertiary/aromatic N) is 1. The van der Waals surface area contributed by atoms with Crippen molar-refractivity contribution in [3.63, 3.8) is 0 Å². The number of nitrogens with one attached hydrogen (secondary N) is 1. The van der Waals surface area contributed by atoms with Crippen molar-refractivity contribution in [3.8, 4) is 17.0 Å². The summed E-state index contributed by atoms with van der Waals surface area (Å²) in [7, 11) is -1.69. The number of benzene rings is 2. The molecule has 0 spiro atoms. The van der Waals surface area contributed by atoms with E-state index in [0.29, 0.717) is 17.9 Å². The molecule has 0 aliphatic heterocycles. The maximum absolute atomic E-state index is 12.0. The fraction of sp³-hybridized carbons (Fsp3) is 0.273. The summed E-state index contributed by atoms with van der Waals surface area (Å²) in [5, 5.41) is 3.81. The van der Waals surface area contributed by atoms with E-state index in [0.717, 1.165) is 34.1 Å². The number of ether oxygens (including phenoxy) is 1. The van der Waals surface area contributed by atoms with Gasteiger partial charge in [-0.1, -0.05) is 19.1 Å². The molecule has 152 valence electrons. The molecule has 3 rings (SSSR count). The van der Waals surface area contributed by atoms with Gasteiger partial charge in [0.2, 0.25) is 5.91 Å². The minimum Gasteiger partial charge on any atom is -0.494 e. The van der Waals surface area contributed by atoms with Gasteiger partial charge in [-0.3, -0.25) is 4.79 Å². The van der Waals surface area contributed by atoms with E-state index in [2.05, 4.69) is 5.32 Å². The standard InChI is InChI=1S/C22H24N2O4S/c1-5-6-22(25)24-20-12-17-14(2)11-18(23-19(17)13-21(20)28-3)15-7-9-16(10-8-15)29(4,26)27/h7-13H,5-6H2,1-4H3,(H,24,25). The monoisotopic (exact) mass is 412 g/mol. The van der Waals surface area contributed by atoms with E-state index in [1.807, 2.05) is 26.0 Å². The van der Waals surface area contributed by atoms with Gasteiger partial charge in [0, 0.05) is 29.7 Å². The lowest BCUT2D eigenvalue weighted by molar-refractivity contribution is -0.116. The van der Waals surface area contributed by atoms with E-state index in [4.69, 9.17) is 9.72 Å². The summed E-state index contributed by atoms with van der Waals surface area (Å²) in [5.74, 6) is 0.483. The number of pyridine rings is 1. The van der Waals surface area contributed by atoms with Crippen LogP contribution in [0.1, 0.15) is 25.3 Å². The van der Waals surface area contributed by atoms with E-state index >= 15 is 0 Å². The van der Waals surface area contributed by atoms with E-state index in [-0.39, 0.29) is 10.8 Å². The summed E-state index contributed by atoms with van der Waals surface area (Å²) in [5.41, 5.74) is 3.90. The van der Waals surface area contributed by atoms with E-state index in [1.54, 1.807) is 37.4 Å². The molecule has 0 saturated carbocycles. The molecule has 0 unspecified atom stereocenters. The van der Waals surface area contributed by atoms with Crippen molar-refractivity contribution >= 4 is 32.3 Å². The van der Waals surface area contributed by atoms with Crippen LogP contribution in [0.3, 0.4) is 0 Å². The largest absolute Gasteiger partial charge is 0.494 e. The Balaban J connectivity index is 2.06. The Morgan fingerprint density at radius 3 is 2.41 bits per heavy atom. The van der Waals surface area contributed by atoms with Crippen LogP contribution in [0.5, 0.6) is 5.75 Å². The first kappa shape index (κ1) is 20.8. The van der Waals surface area contributed by atoms with Crippen LogP contribution in [0.4, 0.5) is 5.69 Å². The van der Waals surface area contributed by atoms with Crippen LogP contribution in [-0.4, -0.2) is 32.7 Å².